The maximum atomic E-state index is 11.1. The van der Waals surface area contributed by atoms with Crippen LogP contribution in [0, 0.1) is 0 Å². The van der Waals surface area contributed by atoms with Crippen LogP contribution in [0.4, 0.5) is 0 Å². The summed E-state index contributed by atoms with van der Waals surface area (Å²) in [7, 11) is 0. The summed E-state index contributed by atoms with van der Waals surface area (Å²) in [6.45, 7) is 3.31. The van der Waals surface area contributed by atoms with Crippen molar-refractivity contribution in [3.05, 3.63) is 65.7 Å². The Labute approximate surface area is 149 Å². The van der Waals surface area contributed by atoms with Crippen molar-refractivity contribution in [3.63, 3.8) is 0 Å². The maximum Gasteiger partial charge on any atom is 0.248 e. The van der Waals surface area contributed by atoms with Crippen LogP contribution in [0.5, 0.6) is 5.75 Å². The summed E-state index contributed by atoms with van der Waals surface area (Å²) in [5, 5.41) is 0. The lowest BCUT2D eigenvalue weighted by Gasteiger charge is -2.32. The number of aryl methyl sites for hydroxylation is 1. The average Bonchev–Trinajstić information content (AvgIpc) is 2.64. The molecule has 0 spiro atoms. The number of carbonyl (C=O) groups excluding carboxylic acids is 1. The molecular formula is C21H26N2O2. The minimum Gasteiger partial charge on any atom is -0.490 e. The fourth-order valence-electron chi connectivity index (χ4n) is 3.29. The van der Waals surface area contributed by atoms with Crippen LogP contribution < -0.4 is 10.5 Å². The highest BCUT2D eigenvalue weighted by Gasteiger charge is 2.20. The first-order valence-electron chi connectivity index (χ1n) is 9.03. The van der Waals surface area contributed by atoms with Crippen molar-refractivity contribution >= 4 is 5.91 Å². The minimum atomic E-state index is -0.407. The van der Waals surface area contributed by atoms with Crippen LogP contribution in [0.1, 0.15) is 35.2 Å². The third kappa shape index (κ3) is 5.33. The fourth-order valence-corrected chi connectivity index (χ4v) is 3.29. The lowest BCUT2D eigenvalue weighted by atomic mass is 10.1. The molecule has 132 valence electrons. The van der Waals surface area contributed by atoms with Gasteiger partial charge in [0.05, 0.1) is 0 Å². The van der Waals surface area contributed by atoms with E-state index in [-0.39, 0.29) is 6.10 Å². The van der Waals surface area contributed by atoms with Crippen molar-refractivity contribution in [1.29, 1.82) is 0 Å². The van der Waals surface area contributed by atoms with E-state index in [1.54, 1.807) is 12.1 Å². The van der Waals surface area contributed by atoms with Gasteiger partial charge in [-0.25, -0.2) is 0 Å². The summed E-state index contributed by atoms with van der Waals surface area (Å²) in [6, 6.07) is 17.8. The topological polar surface area (TPSA) is 55.6 Å². The van der Waals surface area contributed by atoms with E-state index in [4.69, 9.17) is 10.5 Å². The van der Waals surface area contributed by atoms with Crippen molar-refractivity contribution in [2.24, 2.45) is 5.73 Å². The van der Waals surface area contributed by atoms with Gasteiger partial charge in [0.25, 0.3) is 0 Å². The van der Waals surface area contributed by atoms with E-state index >= 15 is 0 Å². The molecule has 0 atom stereocenters. The minimum absolute atomic E-state index is 0.254. The molecule has 0 radical (unpaired) electrons. The van der Waals surface area contributed by atoms with Crippen molar-refractivity contribution in [1.82, 2.24) is 4.90 Å². The number of primary amides is 1. The molecule has 4 nitrogen and oxygen atoms in total. The molecule has 1 fully saturated rings. The molecule has 3 rings (SSSR count). The second-order valence-corrected chi connectivity index (χ2v) is 6.64. The Morgan fingerprint density at radius 3 is 2.36 bits per heavy atom. The van der Waals surface area contributed by atoms with E-state index < -0.39 is 5.91 Å². The van der Waals surface area contributed by atoms with E-state index in [2.05, 4.69) is 35.2 Å². The quantitative estimate of drug-likeness (QED) is 0.843. The molecule has 1 amide bonds. The molecule has 1 heterocycles. The first-order chi connectivity index (χ1) is 12.2. The molecule has 2 aromatic carbocycles. The Balaban J connectivity index is 1.37. The average molecular weight is 338 g/mol. The number of likely N-dealkylation sites (tertiary alicyclic amines) is 1. The van der Waals surface area contributed by atoms with E-state index in [0.717, 1.165) is 44.6 Å². The van der Waals surface area contributed by atoms with Crippen LogP contribution in [0.15, 0.2) is 54.6 Å². The second-order valence-electron chi connectivity index (χ2n) is 6.64. The molecule has 1 saturated heterocycles. The van der Waals surface area contributed by atoms with Gasteiger partial charge >= 0.3 is 0 Å². The summed E-state index contributed by atoms with van der Waals surface area (Å²) >= 11 is 0. The molecule has 25 heavy (non-hydrogen) atoms. The number of ether oxygens (including phenoxy) is 1. The summed E-state index contributed by atoms with van der Waals surface area (Å²) in [5.41, 5.74) is 7.19. The van der Waals surface area contributed by atoms with Crippen LogP contribution in [0.2, 0.25) is 0 Å². The summed E-state index contributed by atoms with van der Waals surface area (Å²) < 4.78 is 6.03. The third-order valence-electron chi connectivity index (χ3n) is 4.76. The van der Waals surface area contributed by atoms with E-state index in [9.17, 15) is 4.79 Å². The Bertz CT molecular complexity index is 662. The second kappa shape index (κ2) is 8.67. The number of hydrogen-bond acceptors (Lipinski definition) is 3. The highest BCUT2D eigenvalue weighted by atomic mass is 16.5. The Hall–Kier alpha value is -2.33. The van der Waals surface area contributed by atoms with E-state index in [1.807, 2.05) is 12.1 Å². The molecule has 4 heteroatoms. The molecule has 0 aliphatic carbocycles. The monoisotopic (exact) mass is 338 g/mol. The van der Waals surface area contributed by atoms with Gasteiger partial charge in [-0.1, -0.05) is 30.3 Å². The molecule has 1 aliphatic heterocycles. The summed E-state index contributed by atoms with van der Waals surface area (Å²) in [5.74, 6) is 0.405. The Kier molecular flexibility index (Phi) is 6.07. The normalized spacial score (nSPS) is 15.8. The first-order valence-corrected chi connectivity index (χ1v) is 9.03. The number of carbonyl (C=O) groups is 1. The van der Waals surface area contributed by atoms with Crippen LogP contribution in [0.3, 0.4) is 0 Å². The molecule has 1 aliphatic rings. The molecule has 2 N–H and O–H groups in total. The van der Waals surface area contributed by atoms with Crippen molar-refractivity contribution < 1.29 is 9.53 Å². The molecular weight excluding hydrogens is 312 g/mol. The predicted molar refractivity (Wildman–Crippen MR) is 99.8 cm³/mol. The Morgan fingerprint density at radius 2 is 1.72 bits per heavy atom. The number of benzene rings is 2. The highest BCUT2D eigenvalue weighted by molar-refractivity contribution is 5.92. The molecule has 2 aromatic rings. The maximum absolute atomic E-state index is 11.1. The number of nitrogens with zero attached hydrogens (tertiary/aromatic N) is 1. The first kappa shape index (κ1) is 17.5. The SMILES string of the molecule is NC(=O)c1ccc(OC2CCN(CCCc3ccccc3)CC2)cc1. The van der Waals surface area contributed by atoms with Gasteiger partial charge in [0.2, 0.25) is 5.91 Å². The number of amides is 1. The van der Waals surface area contributed by atoms with Gasteiger partial charge in [-0.15, -0.1) is 0 Å². The van der Waals surface area contributed by atoms with Crippen LogP contribution in [-0.4, -0.2) is 36.5 Å². The van der Waals surface area contributed by atoms with Gasteiger partial charge in [-0.05, 0) is 62.1 Å². The van der Waals surface area contributed by atoms with Crippen molar-refractivity contribution in [3.8, 4) is 5.75 Å². The zero-order chi connectivity index (χ0) is 17.5. The zero-order valence-corrected chi connectivity index (χ0v) is 14.6. The van der Waals surface area contributed by atoms with Crippen LogP contribution >= 0.6 is 0 Å². The number of hydrogen-bond donors (Lipinski definition) is 1. The lowest BCUT2D eigenvalue weighted by Crippen LogP contribution is -2.38. The van der Waals surface area contributed by atoms with Crippen LogP contribution in [0.25, 0.3) is 0 Å². The predicted octanol–water partition coefficient (Wildman–Crippen LogP) is 3.26. The largest absolute Gasteiger partial charge is 0.490 e. The number of nitrogens with two attached hydrogens (primary N) is 1. The van der Waals surface area contributed by atoms with Gasteiger partial charge in [0.1, 0.15) is 11.9 Å². The molecule has 0 aromatic heterocycles. The lowest BCUT2D eigenvalue weighted by molar-refractivity contribution is 0.0993. The molecule has 0 unspecified atom stereocenters. The molecule has 0 saturated carbocycles. The smallest absolute Gasteiger partial charge is 0.248 e. The summed E-state index contributed by atoms with van der Waals surface area (Å²) in [6.07, 6.45) is 4.68. The standard InChI is InChI=1S/C21H26N2O2/c22-21(24)18-8-10-19(11-9-18)25-20-12-15-23(16-13-20)14-4-7-17-5-2-1-3-6-17/h1-3,5-6,8-11,20H,4,7,12-16H2,(H2,22,24). The fraction of sp³-hybridized carbons (Fsp3) is 0.381. The Morgan fingerprint density at radius 1 is 1.04 bits per heavy atom. The van der Waals surface area contributed by atoms with Crippen molar-refractivity contribution in [2.45, 2.75) is 31.8 Å². The van der Waals surface area contributed by atoms with Gasteiger partial charge in [-0.2, -0.15) is 0 Å². The third-order valence-corrected chi connectivity index (χ3v) is 4.76. The number of piperidine rings is 1. The van der Waals surface area contributed by atoms with Gasteiger partial charge in [-0.3, -0.25) is 4.79 Å². The van der Waals surface area contributed by atoms with Gasteiger partial charge < -0.3 is 15.4 Å². The van der Waals surface area contributed by atoms with Crippen LogP contribution in [-0.2, 0) is 6.42 Å². The van der Waals surface area contributed by atoms with Crippen molar-refractivity contribution in [2.75, 3.05) is 19.6 Å². The highest BCUT2D eigenvalue weighted by Crippen LogP contribution is 2.20. The van der Waals surface area contributed by atoms with E-state index in [0.29, 0.717) is 5.56 Å². The van der Waals surface area contributed by atoms with Gasteiger partial charge in [0.15, 0.2) is 0 Å². The van der Waals surface area contributed by atoms with Gasteiger partial charge in [0, 0.05) is 18.7 Å². The molecule has 0 bridgehead atoms. The zero-order valence-electron chi connectivity index (χ0n) is 14.6. The number of rotatable bonds is 7. The summed E-state index contributed by atoms with van der Waals surface area (Å²) in [4.78, 5) is 13.6. The van der Waals surface area contributed by atoms with E-state index in [1.165, 1.54) is 12.0 Å².